The highest BCUT2D eigenvalue weighted by Gasteiger charge is 2.42. The number of nitrogens with zero attached hydrogens (tertiary/aromatic N) is 5. The fourth-order valence-electron chi connectivity index (χ4n) is 5.22. The summed E-state index contributed by atoms with van der Waals surface area (Å²) in [5, 5.41) is 33.1. The van der Waals surface area contributed by atoms with E-state index in [-0.39, 0.29) is 48.4 Å². The first-order valence-electron chi connectivity index (χ1n) is 17.1. The van der Waals surface area contributed by atoms with E-state index in [1.54, 1.807) is 19.9 Å². The number of aromatic nitrogens is 2. The van der Waals surface area contributed by atoms with Crippen molar-refractivity contribution in [3.8, 4) is 0 Å². The summed E-state index contributed by atoms with van der Waals surface area (Å²) in [5.74, 6) is -2.65. The van der Waals surface area contributed by atoms with E-state index < -0.39 is 58.7 Å². The van der Waals surface area contributed by atoms with Crippen molar-refractivity contribution in [3.63, 3.8) is 0 Å². The summed E-state index contributed by atoms with van der Waals surface area (Å²) in [7, 11) is 0. The molecule has 1 aromatic carbocycles. The fraction of sp³-hybridized carbons (Fsp3) is 0.486. The minimum atomic E-state index is -1.49. The Morgan fingerprint density at radius 2 is 1.76 bits per heavy atom. The molecule has 0 saturated carbocycles. The van der Waals surface area contributed by atoms with Crippen molar-refractivity contribution in [1.82, 2.24) is 14.5 Å². The first-order valence-corrected chi connectivity index (χ1v) is 17.1. The van der Waals surface area contributed by atoms with Crippen molar-refractivity contribution in [3.05, 3.63) is 74.1 Å². The Morgan fingerprint density at radius 3 is 2.35 bits per heavy atom. The van der Waals surface area contributed by atoms with E-state index in [0.29, 0.717) is 35.9 Å². The van der Waals surface area contributed by atoms with Gasteiger partial charge in [-0.2, -0.15) is 4.98 Å². The molecule has 0 radical (unpaired) electrons. The third kappa shape index (κ3) is 12.0. The van der Waals surface area contributed by atoms with Crippen LogP contribution in [0.1, 0.15) is 81.9 Å². The van der Waals surface area contributed by atoms with Gasteiger partial charge in [-0.05, 0) is 51.7 Å². The van der Waals surface area contributed by atoms with Crippen LogP contribution in [0.3, 0.4) is 0 Å². The summed E-state index contributed by atoms with van der Waals surface area (Å²) in [4.78, 5) is 89.1. The van der Waals surface area contributed by atoms with Gasteiger partial charge in [0.25, 0.3) is 17.5 Å². The van der Waals surface area contributed by atoms with Gasteiger partial charge in [-0.3, -0.25) is 44.3 Å². The van der Waals surface area contributed by atoms with Gasteiger partial charge in [0, 0.05) is 43.3 Å². The summed E-state index contributed by atoms with van der Waals surface area (Å²) in [5.41, 5.74) is -0.252. The zero-order valence-corrected chi connectivity index (χ0v) is 30.2. The number of nitrogens with one attached hydrogen (secondary N) is 1. The molecule has 4 rings (SSSR count). The van der Waals surface area contributed by atoms with Gasteiger partial charge in [0.15, 0.2) is 23.6 Å². The van der Waals surface area contributed by atoms with Crippen LogP contribution in [0.2, 0.25) is 0 Å². The second-order valence-electron chi connectivity index (χ2n) is 12.5. The number of halogens is 1. The van der Waals surface area contributed by atoms with Gasteiger partial charge >= 0.3 is 11.8 Å². The van der Waals surface area contributed by atoms with Gasteiger partial charge in [-0.15, -0.1) is 0 Å². The van der Waals surface area contributed by atoms with Crippen molar-refractivity contribution < 1.29 is 53.0 Å². The van der Waals surface area contributed by atoms with Crippen LogP contribution in [0.5, 0.6) is 0 Å². The second kappa shape index (κ2) is 20.1. The minimum Gasteiger partial charge on any atom is -0.449 e. The number of nitro benzene ring substituents is 1. The molecule has 2 aliphatic heterocycles. The molecule has 4 atom stereocenters. The highest BCUT2D eigenvalue weighted by Crippen LogP contribution is 2.28. The lowest BCUT2D eigenvalue weighted by Crippen LogP contribution is -2.36. The molecule has 3 amide bonds. The molecule has 0 aliphatic carbocycles. The van der Waals surface area contributed by atoms with Gasteiger partial charge in [0.1, 0.15) is 24.5 Å². The number of aliphatic imine (C=N–C) groups is 1. The average molecular weight is 759 g/mol. The number of benzene rings is 1. The number of anilines is 1. The van der Waals surface area contributed by atoms with Crippen LogP contribution >= 0.6 is 0 Å². The highest BCUT2D eigenvalue weighted by molar-refractivity contribution is 6.12. The van der Waals surface area contributed by atoms with Crippen molar-refractivity contribution >= 4 is 46.7 Å². The number of carbonyl (C=O) groups is 5. The molecule has 1 fully saturated rings. The standard InChI is InChI=1S/C24H28FN5O9.C11H15NO3/c1-4-14-5-6-15(17(9-14)30(36)37)18(31)10-26-12(2)7-8-38-24(35)28-21-16(25)11-29(23(34)27-21)22-20(33)19(32)13(3)39-22;1-9(13)5-3-2-4-8-12-10(14)6-7-11(12)15/h5-6,9,11,13,19-20,22,32-33H,4,7-8,10H2,1-3H3,(H,27,28,34,35);6-7H,2-5,8H2,1H3/t13-,19?,20+,22-;/m1./s1. The maximum Gasteiger partial charge on any atom is 0.412 e. The third-order valence-corrected chi connectivity index (χ3v) is 8.35. The Hall–Kier alpha value is -5.53. The van der Waals surface area contributed by atoms with E-state index in [9.17, 15) is 53.5 Å². The summed E-state index contributed by atoms with van der Waals surface area (Å²) < 4.78 is 25.3. The lowest BCUT2D eigenvalue weighted by atomic mass is 10.0. The molecular formula is C35H43FN6O12. The number of aliphatic hydroxyl groups excluding tert-OH is 2. The molecule has 1 unspecified atom stereocenters. The predicted molar refractivity (Wildman–Crippen MR) is 189 cm³/mol. The molecule has 18 nitrogen and oxygen atoms in total. The summed E-state index contributed by atoms with van der Waals surface area (Å²) in [6.45, 7) is 6.35. The number of unbranched alkanes of at least 4 members (excludes halogenated alkanes) is 2. The topological polar surface area (TPSA) is 250 Å². The van der Waals surface area contributed by atoms with Crippen LogP contribution in [0.25, 0.3) is 0 Å². The number of nitro groups is 1. The number of imide groups is 1. The second-order valence-corrected chi connectivity index (χ2v) is 12.5. The van der Waals surface area contributed by atoms with E-state index in [1.807, 2.05) is 12.2 Å². The average Bonchev–Trinajstić information content (AvgIpc) is 3.58. The van der Waals surface area contributed by atoms with Gasteiger partial charge < -0.3 is 24.5 Å². The molecule has 0 bridgehead atoms. The van der Waals surface area contributed by atoms with Crippen LogP contribution in [0, 0.1) is 15.9 Å². The molecule has 54 heavy (non-hydrogen) atoms. The number of ketones is 2. The largest absolute Gasteiger partial charge is 0.449 e. The quantitative estimate of drug-likeness (QED) is 0.0557. The van der Waals surface area contributed by atoms with E-state index in [1.165, 1.54) is 36.1 Å². The van der Waals surface area contributed by atoms with Gasteiger partial charge in [-0.1, -0.05) is 19.4 Å². The Kier molecular flexibility index (Phi) is 15.9. The van der Waals surface area contributed by atoms with E-state index >= 15 is 0 Å². The van der Waals surface area contributed by atoms with Crippen LogP contribution in [0.4, 0.5) is 20.7 Å². The number of aryl methyl sites for hydroxylation is 1. The number of carbonyl (C=O) groups excluding carboxylic acids is 5. The van der Waals surface area contributed by atoms with Crippen LogP contribution in [-0.2, 0) is 30.3 Å². The molecule has 3 heterocycles. The third-order valence-electron chi connectivity index (χ3n) is 8.35. The molecule has 292 valence electrons. The molecular weight excluding hydrogens is 715 g/mol. The molecule has 19 heteroatoms. The van der Waals surface area contributed by atoms with Gasteiger partial charge in [-0.25, -0.2) is 14.0 Å². The lowest BCUT2D eigenvalue weighted by molar-refractivity contribution is -0.385. The van der Waals surface area contributed by atoms with Gasteiger partial charge in [0.2, 0.25) is 0 Å². The Balaban J connectivity index is 0.000000437. The molecule has 2 aliphatic rings. The Bertz CT molecular complexity index is 1840. The Morgan fingerprint density at radius 1 is 1.07 bits per heavy atom. The van der Waals surface area contributed by atoms with Crippen molar-refractivity contribution in [2.45, 2.75) is 90.8 Å². The molecule has 1 aromatic heterocycles. The maximum absolute atomic E-state index is 14.5. The zero-order chi connectivity index (χ0) is 40.1. The fourth-order valence-corrected chi connectivity index (χ4v) is 5.22. The summed E-state index contributed by atoms with van der Waals surface area (Å²) in [6, 6.07) is 4.39. The van der Waals surface area contributed by atoms with Crippen molar-refractivity contribution in [1.29, 1.82) is 0 Å². The molecule has 2 aromatic rings. The van der Waals surface area contributed by atoms with Crippen molar-refractivity contribution in [2.75, 3.05) is 25.0 Å². The monoisotopic (exact) mass is 758 g/mol. The van der Waals surface area contributed by atoms with E-state index in [0.717, 1.165) is 24.8 Å². The van der Waals surface area contributed by atoms with Crippen LogP contribution < -0.4 is 11.0 Å². The predicted octanol–water partition coefficient (Wildman–Crippen LogP) is 2.84. The lowest BCUT2D eigenvalue weighted by Gasteiger charge is -2.17. The number of hydrogen-bond acceptors (Lipinski definition) is 14. The number of hydrogen-bond donors (Lipinski definition) is 3. The van der Waals surface area contributed by atoms with Crippen LogP contribution in [0.15, 0.2) is 46.3 Å². The maximum atomic E-state index is 14.5. The molecule has 1 saturated heterocycles. The summed E-state index contributed by atoms with van der Waals surface area (Å²) in [6.07, 6.45) is 0.950. The van der Waals surface area contributed by atoms with Crippen LogP contribution in [-0.4, -0.2) is 103 Å². The number of amides is 3. The first-order chi connectivity index (χ1) is 25.5. The van der Waals surface area contributed by atoms with E-state index in [4.69, 9.17) is 9.47 Å². The SMILES string of the molecule is CC(=O)CCCCCN1C(=O)C=CC1=O.CCc1ccc(C(=O)CN=C(C)CCOC(=O)Nc2nc(=O)n([C@@H]3O[C@H](C)C(O)[C@@H]3O)cc2F)c([N+](=O)[O-])c1. The smallest absolute Gasteiger partial charge is 0.412 e. The van der Waals surface area contributed by atoms with E-state index in [2.05, 4.69) is 9.98 Å². The highest BCUT2D eigenvalue weighted by atomic mass is 19.1. The number of ether oxygens (including phenoxy) is 2. The number of aliphatic hydroxyl groups is 2. The number of rotatable bonds is 16. The first kappa shape index (κ1) is 42.9. The van der Waals surface area contributed by atoms with Crippen molar-refractivity contribution in [2.24, 2.45) is 4.99 Å². The number of Topliss-reactive ketones (excluding diaryl/α,β-unsaturated/α-hetero) is 2. The Labute approximate surface area is 308 Å². The zero-order valence-electron chi connectivity index (χ0n) is 30.2. The summed E-state index contributed by atoms with van der Waals surface area (Å²) >= 11 is 0. The molecule has 0 spiro atoms. The minimum absolute atomic E-state index is 0.0551. The normalized spacial score (nSPS) is 19.4. The van der Waals surface area contributed by atoms with Gasteiger partial charge in [0.05, 0.1) is 29.4 Å². The molecule has 3 N–H and O–H groups in total.